The fraction of sp³-hybridized carbons (Fsp3) is 0.281. The molecule has 0 fully saturated rings. The van der Waals surface area contributed by atoms with Gasteiger partial charge in [0, 0.05) is 17.5 Å². The van der Waals surface area contributed by atoms with E-state index in [0.29, 0.717) is 5.56 Å². The van der Waals surface area contributed by atoms with Crippen molar-refractivity contribution in [3.05, 3.63) is 113 Å². The highest BCUT2D eigenvalue weighted by atomic mass is 16.5. The third kappa shape index (κ3) is 5.00. The van der Waals surface area contributed by atoms with Crippen molar-refractivity contribution >= 4 is 16.7 Å². The number of carboxylic acid groups (broad SMARTS) is 1. The van der Waals surface area contributed by atoms with Gasteiger partial charge in [-0.1, -0.05) is 72.8 Å². The molecule has 184 valence electrons. The second-order valence-corrected chi connectivity index (χ2v) is 9.83. The molecule has 1 aliphatic rings. The molecule has 36 heavy (non-hydrogen) atoms. The zero-order valence-electron chi connectivity index (χ0n) is 20.9. The summed E-state index contributed by atoms with van der Waals surface area (Å²) in [4.78, 5) is 11.7. The number of carboxylic acids is 1. The van der Waals surface area contributed by atoms with E-state index in [1.165, 1.54) is 16.3 Å². The van der Waals surface area contributed by atoms with E-state index >= 15 is 0 Å². The first kappa shape index (κ1) is 24.1. The van der Waals surface area contributed by atoms with Crippen LogP contribution in [0.5, 0.6) is 5.75 Å². The maximum absolute atomic E-state index is 11.7. The molecule has 0 spiro atoms. The number of rotatable bonds is 8. The van der Waals surface area contributed by atoms with Crippen LogP contribution in [0.4, 0.5) is 0 Å². The van der Waals surface area contributed by atoms with Gasteiger partial charge in [0.2, 0.25) is 0 Å². The van der Waals surface area contributed by atoms with Gasteiger partial charge in [-0.2, -0.15) is 0 Å². The highest BCUT2D eigenvalue weighted by Gasteiger charge is 2.29. The van der Waals surface area contributed by atoms with E-state index in [1.54, 1.807) is 0 Å². The summed E-state index contributed by atoms with van der Waals surface area (Å²) in [5, 5.41) is 15.9. The van der Waals surface area contributed by atoms with E-state index in [4.69, 9.17) is 4.74 Å². The molecular weight excluding hydrogens is 446 g/mol. The molecule has 4 heteroatoms. The van der Waals surface area contributed by atoms with Crippen LogP contribution in [-0.4, -0.2) is 23.7 Å². The van der Waals surface area contributed by atoms with Crippen LogP contribution < -0.4 is 10.1 Å². The largest absolute Gasteiger partial charge is 0.490 e. The highest BCUT2D eigenvalue weighted by Crippen LogP contribution is 2.41. The summed E-state index contributed by atoms with van der Waals surface area (Å²) in [5.74, 6) is 0.159. The second-order valence-electron chi connectivity index (χ2n) is 9.83. The van der Waals surface area contributed by atoms with Gasteiger partial charge in [-0.3, -0.25) is 0 Å². The average molecular weight is 480 g/mol. The minimum atomic E-state index is -0.877. The minimum Gasteiger partial charge on any atom is -0.490 e. The Labute approximate surface area is 212 Å². The van der Waals surface area contributed by atoms with Crippen LogP contribution in [0.25, 0.3) is 10.8 Å². The normalized spacial score (nSPS) is 17.8. The first-order valence-corrected chi connectivity index (χ1v) is 12.8. The summed E-state index contributed by atoms with van der Waals surface area (Å²) in [6.07, 6.45) is 2.88. The van der Waals surface area contributed by atoms with Crippen molar-refractivity contribution in [3.8, 4) is 5.75 Å². The highest BCUT2D eigenvalue weighted by molar-refractivity contribution is 5.89. The molecule has 4 aromatic carbocycles. The van der Waals surface area contributed by atoms with E-state index in [2.05, 4.69) is 66.8 Å². The van der Waals surface area contributed by atoms with Gasteiger partial charge >= 0.3 is 5.97 Å². The van der Waals surface area contributed by atoms with E-state index in [-0.39, 0.29) is 18.1 Å². The number of aryl methyl sites for hydroxylation is 1. The van der Waals surface area contributed by atoms with Crippen molar-refractivity contribution in [2.75, 3.05) is 6.54 Å². The fourth-order valence-corrected chi connectivity index (χ4v) is 5.46. The molecule has 0 unspecified atom stereocenters. The third-order valence-electron chi connectivity index (χ3n) is 7.42. The van der Waals surface area contributed by atoms with Gasteiger partial charge < -0.3 is 15.2 Å². The van der Waals surface area contributed by atoms with E-state index in [0.717, 1.165) is 48.2 Å². The molecule has 0 saturated heterocycles. The van der Waals surface area contributed by atoms with Crippen molar-refractivity contribution in [2.24, 2.45) is 0 Å². The predicted octanol–water partition coefficient (Wildman–Crippen LogP) is 7.26. The number of fused-ring (bicyclic) bond motifs is 2. The molecule has 0 radical (unpaired) electrons. The van der Waals surface area contributed by atoms with E-state index in [1.807, 2.05) is 37.3 Å². The maximum Gasteiger partial charge on any atom is 0.335 e. The van der Waals surface area contributed by atoms with Gasteiger partial charge in [-0.25, -0.2) is 4.79 Å². The van der Waals surface area contributed by atoms with Crippen molar-refractivity contribution in [2.45, 2.75) is 51.2 Å². The lowest BCUT2D eigenvalue weighted by Gasteiger charge is -2.33. The SMILES string of the molecule is Cc1ccc([C@@H]2C[C@@H](CCCN[C@H](C)c3cccc4ccccc34)Oc3ccccc32)cc1C(=O)O. The molecule has 1 heterocycles. The number of hydrogen-bond donors (Lipinski definition) is 2. The third-order valence-corrected chi connectivity index (χ3v) is 7.42. The van der Waals surface area contributed by atoms with Crippen LogP contribution in [0, 0.1) is 6.92 Å². The Morgan fingerprint density at radius 3 is 2.67 bits per heavy atom. The molecule has 5 rings (SSSR count). The molecule has 1 aliphatic heterocycles. The van der Waals surface area contributed by atoms with Gasteiger partial charge in [0.05, 0.1) is 11.7 Å². The van der Waals surface area contributed by atoms with Gasteiger partial charge in [0.25, 0.3) is 0 Å². The lowest BCUT2D eigenvalue weighted by Crippen LogP contribution is -2.28. The van der Waals surface area contributed by atoms with Gasteiger partial charge in [-0.15, -0.1) is 0 Å². The molecule has 4 aromatic rings. The summed E-state index contributed by atoms with van der Waals surface area (Å²) >= 11 is 0. The number of benzene rings is 4. The average Bonchev–Trinajstić information content (AvgIpc) is 2.90. The van der Waals surface area contributed by atoms with Gasteiger partial charge in [0.1, 0.15) is 5.75 Å². The van der Waals surface area contributed by atoms with Crippen LogP contribution in [0.2, 0.25) is 0 Å². The molecule has 0 aliphatic carbocycles. The first-order chi connectivity index (χ1) is 17.5. The Kier molecular flexibility index (Phi) is 7.06. The van der Waals surface area contributed by atoms with Gasteiger partial charge in [-0.05, 0) is 79.3 Å². The second kappa shape index (κ2) is 10.5. The summed E-state index contributed by atoms with van der Waals surface area (Å²) in [6, 6.07) is 29.3. The minimum absolute atomic E-state index is 0.0918. The van der Waals surface area contributed by atoms with Crippen molar-refractivity contribution in [1.82, 2.24) is 5.32 Å². The molecule has 0 bridgehead atoms. The van der Waals surface area contributed by atoms with Crippen LogP contribution >= 0.6 is 0 Å². The van der Waals surface area contributed by atoms with E-state index in [9.17, 15) is 9.90 Å². The lowest BCUT2D eigenvalue weighted by atomic mass is 9.82. The van der Waals surface area contributed by atoms with Crippen LogP contribution in [0.1, 0.15) is 70.8 Å². The molecular formula is C32H33NO3. The quantitative estimate of drug-likeness (QED) is 0.261. The number of ether oxygens (including phenoxy) is 1. The van der Waals surface area contributed by atoms with Gasteiger partial charge in [0.15, 0.2) is 0 Å². The standard InChI is InChI=1S/C32H33NO3/c1-21-16-17-24(19-29(21)32(34)35)30-20-25(36-31-15-6-5-13-28(30)31)11-8-18-33-22(2)26-14-7-10-23-9-3-4-12-27(23)26/h3-7,9-10,12-17,19,22,25,30,33H,8,11,18,20H2,1-2H3,(H,34,35)/t22-,25-,30+/m1/s1. The summed E-state index contributed by atoms with van der Waals surface area (Å²) < 4.78 is 6.39. The molecule has 0 amide bonds. The fourth-order valence-electron chi connectivity index (χ4n) is 5.46. The monoisotopic (exact) mass is 479 g/mol. The zero-order chi connectivity index (χ0) is 25.1. The molecule has 0 saturated carbocycles. The molecule has 3 atom stereocenters. The summed E-state index contributed by atoms with van der Waals surface area (Å²) in [5.41, 5.74) is 4.66. The van der Waals surface area contributed by atoms with Crippen LogP contribution in [-0.2, 0) is 0 Å². The Hall–Kier alpha value is -3.63. The number of para-hydroxylation sites is 1. The Bertz CT molecular complexity index is 1370. The van der Waals surface area contributed by atoms with Crippen LogP contribution in [0.15, 0.2) is 84.9 Å². The Balaban J connectivity index is 1.25. The first-order valence-electron chi connectivity index (χ1n) is 12.8. The number of hydrogen-bond acceptors (Lipinski definition) is 3. The zero-order valence-corrected chi connectivity index (χ0v) is 20.9. The van der Waals surface area contributed by atoms with Crippen molar-refractivity contribution in [3.63, 3.8) is 0 Å². The van der Waals surface area contributed by atoms with Crippen LogP contribution in [0.3, 0.4) is 0 Å². The summed E-state index contributed by atoms with van der Waals surface area (Å²) in [7, 11) is 0. The molecule has 2 N–H and O–H groups in total. The lowest BCUT2D eigenvalue weighted by molar-refractivity contribution is 0.0696. The predicted molar refractivity (Wildman–Crippen MR) is 145 cm³/mol. The smallest absolute Gasteiger partial charge is 0.335 e. The topological polar surface area (TPSA) is 58.6 Å². The Morgan fingerprint density at radius 2 is 1.81 bits per heavy atom. The van der Waals surface area contributed by atoms with Crippen molar-refractivity contribution < 1.29 is 14.6 Å². The number of nitrogens with one attached hydrogen (secondary N) is 1. The maximum atomic E-state index is 11.7. The number of carbonyl (C=O) groups is 1. The number of aromatic carboxylic acids is 1. The molecule has 0 aromatic heterocycles. The molecule has 4 nitrogen and oxygen atoms in total. The van der Waals surface area contributed by atoms with Crippen molar-refractivity contribution in [1.29, 1.82) is 0 Å². The Morgan fingerprint density at radius 1 is 1.03 bits per heavy atom. The summed E-state index contributed by atoms with van der Waals surface area (Å²) in [6.45, 7) is 4.98. The van der Waals surface area contributed by atoms with E-state index < -0.39 is 5.97 Å².